The van der Waals surface area contributed by atoms with Gasteiger partial charge < -0.3 is 10.1 Å². The first kappa shape index (κ1) is 23.2. The number of halogens is 2. The summed E-state index contributed by atoms with van der Waals surface area (Å²) in [7, 11) is -3.58. The van der Waals surface area contributed by atoms with Gasteiger partial charge in [-0.25, -0.2) is 17.2 Å². The molecule has 3 rings (SSSR count). The number of hydrogen-bond donors (Lipinski definition) is 1. The van der Waals surface area contributed by atoms with Crippen molar-refractivity contribution < 1.29 is 26.7 Å². The van der Waals surface area contributed by atoms with Gasteiger partial charge in [0.25, 0.3) is 5.91 Å². The Balaban J connectivity index is 1.75. The highest BCUT2D eigenvalue weighted by molar-refractivity contribution is 7.92. The van der Waals surface area contributed by atoms with E-state index in [1.165, 1.54) is 16.4 Å². The Morgan fingerprint density at radius 1 is 1.00 bits per heavy atom. The number of carbonyl (C=O) groups excluding carboxylic acids is 1. The Morgan fingerprint density at radius 2 is 1.66 bits per heavy atom. The minimum atomic E-state index is -3.58. The summed E-state index contributed by atoms with van der Waals surface area (Å²) in [5, 5.41) is 2.38. The Bertz CT molecular complexity index is 1200. The van der Waals surface area contributed by atoms with E-state index in [4.69, 9.17) is 4.74 Å². The summed E-state index contributed by atoms with van der Waals surface area (Å²) < 4.78 is 58.1. The van der Waals surface area contributed by atoms with Crippen LogP contribution in [0.4, 0.5) is 20.2 Å². The number of amides is 1. The van der Waals surface area contributed by atoms with Crippen LogP contribution in [-0.2, 0) is 16.6 Å². The number of benzene rings is 3. The number of nitrogens with zero attached hydrogens (tertiary/aromatic N) is 1. The molecule has 0 radical (unpaired) electrons. The maximum atomic E-state index is 13.7. The maximum absolute atomic E-state index is 13.7. The van der Waals surface area contributed by atoms with Crippen LogP contribution in [-0.4, -0.2) is 27.2 Å². The van der Waals surface area contributed by atoms with E-state index in [0.717, 1.165) is 18.4 Å². The molecule has 32 heavy (non-hydrogen) atoms. The number of nitrogens with one attached hydrogen (secondary N) is 1. The third-order valence-electron chi connectivity index (χ3n) is 4.56. The Hall–Kier alpha value is -3.46. The molecular formula is C23H22F2N2O4S. The lowest BCUT2D eigenvalue weighted by Crippen LogP contribution is -2.29. The average Bonchev–Trinajstić information content (AvgIpc) is 2.74. The van der Waals surface area contributed by atoms with Crippen LogP contribution < -0.4 is 14.4 Å². The van der Waals surface area contributed by atoms with Crippen molar-refractivity contribution in [2.24, 2.45) is 0 Å². The number of hydrogen-bond acceptors (Lipinski definition) is 4. The molecule has 0 aliphatic heterocycles. The average molecular weight is 461 g/mol. The zero-order valence-corrected chi connectivity index (χ0v) is 18.3. The van der Waals surface area contributed by atoms with Gasteiger partial charge in [-0.3, -0.25) is 9.10 Å². The van der Waals surface area contributed by atoms with Gasteiger partial charge in [0, 0.05) is 11.6 Å². The number of sulfonamides is 1. The molecule has 0 fully saturated rings. The Kier molecular flexibility index (Phi) is 7.09. The molecule has 0 unspecified atom stereocenters. The van der Waals surface area contributed by atoms with Gasteiger partial charge in [-0.05, 0) is 61.0 Å². The first-order valence-electron chi connectivity index (χ1n) is 9.73. The molecular weight excluding hydrogens is 438 g/mol. The highest BCUT2D eigenvalue weighted by atomic mass is 32.2. The summed E-state index contributed by atoms with van der Waals surface area (Å²) in [6, 6.07) is 15.8. The molecule has 0 aliphatic carbocycles. The standard InChI is InChI=1S/C23H22F2N2O4S/c1-3-31-20-11-9-19(10-12-20)27(32(2,29)30)15-16-4-6-17(7-5-16)23(28)26-22-13-8-18(24)14-21(22)25/h4-14H,3,15H2,1-2H3,(H,26,28). The second kappa shape index (κ2) is 9.78. The molecule has 1 amide bonds. The van der Waals surface area contributed by atoms with Crippen LogP contribution >= 0.6 is 0 Å². The second-order valence-corrected chi connectivity index (χ2v) is 8.88. The summed E-state index contributed by atoms with van der Waals surface area (Å²) in [6.07, 6.45) is 1.11. The number of rotatable bonds is 8. The molecule has 0 atom stereocenters. The quantitative estimate of drug-likeness (QED) is 0.534. The monoisotopic (exact) mass is 460 g/mol. The second-order valence-electron chi connectivity index (χ2n) is 6.97. The molecule has 0 heterocycles. The van der Waals surface area contributed by atoms with Gasteiger partial charge in [0.2, 0.25) is 10.0 Å². The molecule has 168 valence electrons. The van der Waals surface area contributed by atoms with Gasteiger partial charge in [-0.1, -0.05) is 12.1 Å². The predicted octanol–water partition coefficient (Wildman–Crippen LogP) is 4.58. The molecule has 3 aromatic rings. The van der Waals surface area contributed by atoms with Crippen LogP contribution in [0.1, 0.15) is 22.8 Å². The SMILES string of the molecule is CCOc1ccc(N(Cc2ccc(C(=O)Nc3ccc(F)cc3F)cc2)S(C)(=O)=O)cc1. The van der Waals surface area contributed by atoms with E-state index in [-0.39, 0.29) is 17.8 Å². The van der Waals surface area contributed by atoms with E-state index in [1.807, 2.05) is 6.92 Å². The van der Waals surface area contributed by atoms with Gasteiger partial charge in [0.1, 0.15) is 17.4 Å². The van der Waals surface area contributed by atoms with Crippen molar-refractivity contribution in [2.75, 3.05) is 22.5 Å². The third-order valence-corrected chi connectivity index (χ3v) is 5.70. The minimum absolute atomic E-state index is 0.0568. The lowest BCUT2D eigenvalue weighted by atomic mass is 10.1. The number of ether oxygens (including phenoxy) is 1. The van der Waals surface area contributed by atoms with E-state index < -0.39 is 27.6 Å². The summed E-state index contributed by atoms with van der Waals surface area (Å²) in [5.74, 6) is -1.56. The van der Waals surface area contributed by atoms with E-state index in [9.17, 15) is 22.0 Å². The zero-order valence-electron chi connectivity index (χ0n) is 17.5. The third kappa shape index (κ3) is 5.82. The first-order valence-corrected chi connectivity index (χ1v) is 11.6. The molecule has 0 spiro atoms. The maximum Gasteiger partial charge on any atom is 0.255 e. The predicted molar refractivity (Wildman–Crippen MR) is 119 cm³/mol. The smallest absolute Gasteiger partial charge is 0.255 e. The van der Waals surface area contributed by atoms with Gasteiger partial charge >= 0.3 is 0 Å². The molecule has 1 N–H and O–H groups in total. The zero-order chi connectivity index (χ0) is 23.3. The largest absolute Gasteiger partial charge is 0.494 e. The fraction of sp³-hybridized carbons (Fsp3) is 0.174. The van der Waals surface area contributed by atoms with Crippen LogP contribution in [0, 0.1) is 11.6 Å². The summed E-state index contributed by atoms with van der Waals surface area (Å²) in [5.41, 5.74) is 1.22. The molecule has 0 bridgehead atoms. The van der Waals surface area contributed by atoms with Gasteiger partial charge in [0.15, 0.2) is 0 Å². The lowest BCUT2D eigenvalue weighted by Gasteiger charge is -2.23. The first-order chi connectivity index (χ1) is 15.2. The van der Waals surface area contributed by atoms with E-state index in [2.05, 4.69) is 5.32 Å². The molecule has 0 aliphatic rings. The van der Waals surface area contributed by atoms with E-state index in [1.54, 1.807) is 36.4 Å². The van der Waals surface area contributed by atoms with Crippen LogP contribution in [0.5, 0.6) is 5.75 Å². The van der Waals surface area contributed by atoms with E-state index in [0.29, 0.717) is 29.7 Å². The lowest BCUT2D eigenvalue weighted by molar-refractivity contribution is 0.102. The van der Waals surface area contributed by atoms with Crippen LogP contribution in [0.15, 0.2) is 66.7 Å². The van der Waals surface area contributed by atoms with Crippen molar-refractivity contribution in [1.29, 1.82) is 0 Å². The van der Waals surface area contributed by atoms with Crippen molar-refractivity contribution in [2.45, 2.75) is 13.5 Å². The highest BCUT2D eigenvalue weighted by Crippen LogP contribution is 2.24. The topological polar surface area (TPSA) is 75.7 Å². The Labute approximate surface area is 185 Å². The Morgan fingerprint density at radius 3 is 2.22 bits per heavy atom. The molecule has 0 saturated heterocycles. The van der Waals surface area contributed by atoms with Gasteiger partial charge in [-0.2, -0.15) is 0 Å². The number of carbonyl (C=O) groups is 1. The summed E-state index contributed by atoms with van der Waals surface area (Å²) in [6.45, 7) is 2.42. The van der Waals surface area contributed by atoms with Crippen molar-refractivity contribution in [3.05, 3.63) is 89.5 Å². The normalized spacial score (nSPS) is 11.1. The molecule has 9 heteroatoms. The molecule has 6 nitrogen and oxygen atoms in total. The fourth-order valence-corrected chi connectivity index (χ4v) is 3.88. The van der Waals surface area contributed by atoms with E-state index >= 15 is 0 Å². The summed E-state index contributed by atoms with van der Waals surface area (Å²) >= 11 is 0. The van der Waals surface area contributed by atoms with Crippen molar-refractivity contribution >= 4 is 27.3 Å². The van der Waals surface area contributed by atoms with Crippen molar-refractivity contribution in [3.63, 3.8) is 0 Å². The molecule has 0 aromatic heterocycles. The highest BCUT2D eigenvalue weighted by Gasteiger charge is 2.18. The van der Waals surface area contributed by atoms with Gasteiger partial charge in [-0.15, -0.1) is 0 Å². The number of anilines is 2. The minimum Gasteiger partial charge on any atom is -0.494 e. The van der Waals surface area contributed by atoms with Crippen LogP contribution in [0.3, 0.4) is 0 Å². The van der Waals surface area contributed by atoms with Crippen molar-refractivity contribution in [1.82, 2.24) is 0 Å². The molecule has 3 aromatic carbocycles. The molecule has 0 saturated carbocycles. The van der Waals surface area contributed by atoms with Gasteiger partial charge in [0.05, 0.1) is 30.8 Å². The van der Waals surface area contributed by atoms with Crippen LogP contribution in [0.2, 0.25) is 0 Å². The fourth-order valence-electron chi connectivity index (χ4n) is 2.99. The summed E-state index contributed by atoms with van der Waals surface area (Å²) in [4.78, 5) is 12.4. The van der Waals surface area contributed by atoms with Crippen molar-refractivity contribution in [3.8, 4) is 5.75 Å². The van der Waals surface area contributed by atoms with Crippen LogP contribution in [0.25, 0.3) is 0 Å².